The molecule has 6 aromatic carbocycles. The molecule has 0 unspecified atom stereocenters. The van der Waals surface area contributed by atoms with Gasteiger partial charge < -0.3 is 8.83 Å². The van der Waals surface area contributed by atoms with Gasteiger partial charge in [-0.3, -0.25) is 4.98 Å². The van der Waals surface area contributed by atoms with Crippen molar-refractivity contribution in [2.24, 2.45) is 0 Å². The van der Waals surface area contributed by atoms with Crippen LogP contribution in [0.5, 0.6) is 0 Å². The van der Waals surface area contributed by atoms with E-state index in [1.54, 1.807) is 0 Å². The number of furan rings is 2. The van der Waals surface area contributed by atoms with E-state index in [2.05, 4.69) is 129 Å². The summed E-state index contributed by atoms with van der Waals surface area (Å²) in [6.07, 6.45) is 1.84. The normalized spacial score (nSPS) is 13.7. The summed E-state index contributed by atoms with van der Waals surface area (Å²) >= 11 is 0. The number of pyridine rings is 2. The van der Waals surface area contributed by atoms with Crippen molar-refractivity contribution in [2.45, 2.75) is 19.3 Å². The van der Waals surface area contributed by atoms with Crippen molar-refractivity contribution >= 4 is 65.7 Å². The third kappa shape index (κ3) is 3.53. The van der Waals surface area contributed by atoms with Crippen LogP contribution in [0.1, 0.15) is 25.0 Å². The molecule has 11 rings (SSSR count). The zero-order valence-electron chi connectivity index (χ0n) is 26.9. The smallest absolute Gasteiger partial charge is 0.144 e. The minimum atomic E-state index is -0.197. The Hall–Kier alpha value is -6.26. The van der Waals surface area contributed by atoms with E-state index >= 15 is 0 Å². The molecule has 0 saturated heterocycles. The molecule has 1 aliphatic rings. The summed E-state index contributed by atoms with van der Waals surface area (Å²) in [6.45, 7) is 4.65. The quantitative estimate of drug-likeness (QED) is 0.179. The van der Waals surface area contributed by atoms with Crippen molar-refractivity contribution in [1.29, 1.82) is 0 Å². The average Bonchev–Trinajstić information content (AvgIpc) is 3.79. The molecule has 0 bridgehead atoms. The lowest BCUT2D eigenvalue weighted by Gasteiger charge is -2.22. The van der Waals surface area contributed by atoms with Crippen molar-refractivity contribution in [1.82, 2.24) is 9.97 Å². The van der Waals surface area contributed by atoms with E-state index in [0.717, 1.165) is 88.1 Å². The van der Waals surface area contributed by atoms with E-state index in [1.165, 1.54) is 22.3 Å². The second-order valence-electron chi connectivity index (χ2n) is 13.7. The molecule has 4 aromatic heterocycles. The summed E-state index contributed by atoms with van der Waals surface area (Å²) in [6, 6.07) is 44.8. The second kappa shape index (κ2) is 9.42. The molecule has 49 heavy (non-hydrogen) atoms. The van der Waals surface area contributed by atoms with Gasteiger partial charge in [-0.25, -0.2) is 4.98 Å². The minimum absolute atomic E-state index is 0.197. The number of fused-ring (bicyclic) bond motifs is 13. The van der Waals surface area contributed by atoms with E-state index < -0.39 is 0 Å². The van der Waals surface area contributed by atoms with Crippen LogP contribution in [-0.4, -0.2) is 9.97 Å². The molecule has 1 aliphatic carbocycles. The molecule has 230 valence electrons. The van der Waals surface area contributed by atoms with Gasteiger partial charge in [0.2, 0.25) is 0 Å². The Morgan fingerprint density at radius 2 is 1.20 bits per heavy atom. The standard InChI is InChI=1S/C45H28N2O2/c1-45(2)32-15-5-3-11-28(32)39-33(45)24-31(38-30-12-4-6-16-35(30)49-44(38)39)27-13-7-17-36-40(27)41-29(14-8-18-37(41)48-36)34-22-21-26-20-19-25-10-9-23-46-42(25)43(26)47-34/h3-24H,1-2H3. The summed E-state index contributed by atoms with van der Waals surface area (Å²) in [5.74, 6) is 0. The van der Waals surface area contributed by atoms with Gasteiger partial charge in [-0.1, -0.05) is 105 Å². The number of hydrogen-bond donors (Lipinski definition) is 0. The number of hydrogen-bond acceptors (Lipinski definition) is 4. The van der Waals surface area contributed by atoms with Crippen LogP contribution in [0.25, 0.3) is 99.2 Å². The largest absolute Gasteiger partial charge is 0.456 e. The fourth-order valence-corrected chi connectivity index (χ4v) is 8.44. The first-order chi connectivity index (χ1) is 24.1. The van der Waals surface area contributed by atoms with Crippen molar-refractivity contribution in [3.8, 4) is 33.5 Å². The van der Waals surface area contributed by atoms with E-state index in [4.69, 9.17) is 18.8 Å². The molecule has 0 fully saturated rings. The van der Waals surface area contributed by atoms with Gasteiger partial charge in [0.25, 0.3) is 0 Å². The Balaban J connectivity index is 1.26. The predicted molar refractivity (Wildman–Crippen MR) is 200 cm³/mol. The monoisotopic (exact) mass is 628 g/mol. The first kappa shape index (κ1) is 26.8. The Kier molecular flexibility index (Phi) is 5.15. The third-order valence-corrected chi connectivity index (χ3v) is 10.7. The Bertz CT molecular complexity index is 3030. The minimum Gasteiger partial charge on any atom is -0.456 e. The van der Waals surface area contributed by atoms with Crippen LogP contribution in [-0.2, 0) is 5.41 Å². The first-order valence-corrected chi connectivity index (χ1v) is 16.7. The van der Waals surface area contributed by atoms with Crippen LogP contribution >= 0.6 is 0 Å². The fraction of sp³-hybridized carbons (Fsp3) is 0.0667. The van der Waals surface area contributed by atoms with Gasteiger partial charge in [0.05, 0.1) is 16.7 Å². The molecule has 0 N–H and O–H groups in total. The molecule has 0 atom stereocenters. The molecule has 10 aromatic rings. The van der Waals surface area contributed by atoms with Crippen molar-refractivity contribution in [3.05, 3.63) is 145 Å². The fourth-order valence-electron chi connectivity index (χ4n) is 8.44. The van der Waals surface area contributed by atoms with E-state index in [0.29, 0.717) is 0 Å². The highest BCUT2D eigenvalue weighted by atomic mass is 16.3. The number of nitrogens with zero attached hydrogens (tertiary/aromatic N) is 2. The summed E-state index contributed by atoms with van der Waals surface area (Å²) in [7, 11) is 0. The molecule has 4 heterocycles. The number of para-hydroxylation sites is 1. The summed E-state index contributed by atoms with van der Waals surface area (Å²) < 4.78 is 13.5. The molecule has 0 radical (unpaired) electrons. The Labute approximate surface area is 281 Å². The van der Waals surface area contributed by atoms with Gasteiger partial charge in [-0.15, -0.1) is 0 Å². The summed E-state index contributed by atoms with van der Waals surface area (Å²) in [5, 5.41) is 6.51. The number of aromatic nitrogens is 2. The maximum atomic E-state index is 6.82. The maximum absolute atomic E-state index is 6.82. The highest BCUT2D eigenvalue weighted by Gasteiger charge is 2.39. The Morgan fingerprint density at radius 1 is 0.510 bits per heavy atom. The van der Waals surface area contributed by atoms with E-state index in [1.807, 2.05) is 18.3 Å². The molecule has 0 amide bonds. The van der Waals surface area contributed by atoms with Crippen LogP contribution in [0.2, 0.25) is 0 Å². The molecule has 0 aliphatic heterocycles. The van der Waals surface area contributed by atoms with Gasteiger partial charge in [0.15, 0.2) is 0 Å². The third-order valence-electron chi connectivity index (χ3n) is 10.7. The first-order valence-electron chi connectivity index (χ1n) is 16.7. The van der Waals surface area contributed by atoms with Crippen LogP contribution in [0, 0.1) is 0 Å². The number of benzene rings is 6. The van der Waals surface area contributed by atoms with Crippen molar-refractivity contribution in [3.63, 3.8) is 0 Å². The zero-order chi connectivity index (χ0) is 32.4. The van der Waals surface area contributed by atoms with E-state index in [9.17, 15) is 0 Å². The van der Waals surface area contributed by atoms with Crippen LogP contribution < -0.4 is 0 Å². The maximum Gasteiger partial charge on any atom is 0.144 e. The molecule has 0 spiro atoms. The molecular formula is C45H28N2O2. The van der Waals surface area contributed by atoms with Gasteiger partial charge in [0.1, 0.15) is 22.3 Å². The van der Waals surface area contributed by atoms with E-state index in [-0.39, 0.29) is 5.41 Å². The Morgan fingerprint density at radius 3 is 2.08 bits per heavy atom. The second-order valence-corrected chi connectivity index (χ2v) is 13.7. The highest BCUT2D eigenvalue weighted by molar-refractivity contribution is 6.24. The van der Waals surface area contributed by atoms with Crippen molar-refractivity contribution < 1.29 is 8.83 Å². The average molecular weight is 629 g/mol. The van der Waals surface area contributed by atoms with Gasteiger partial charge in [-0.05, 0) is 64.2 Å². The van der Waals surface area contributed by atoms with Crippen LogP contribution in [0.4, 0.5) is 0 Å². The summed E-state index contributed by atoms with van der Waals surface area (Å²) in [5.41, 5.74) is 14.3. The topological polar surface area (TPSA) is 52.1 Å². The SMILES string of the molecule is CC1(C)c2ccccc2-c2c1cc(-c1cccc3oc4cccc(-c5ccc6ccc7cccnc7c6n5)c4c13)c1c2oc2ccccc21. The van der Waals surface area contributed by atoms with Gasteiger partial charge >= 0.3 is 0 Å². The van der Waals surface area contributed by atoms with Crippen LogP contribution in [0.15, 0.2) is 142 Å². The zero-order valence-corrected chi connectivity index (χ0v) is 26.9. The molecule has 4 heteroatoms. The molecular weight excluding hydrogens is 601 g/mol. The lowest BCUT2D eigenvalue weighted by Crippen LogP contribution is -2.15. The van der Waals surface area contributed by atoms with Gasteiger partial charge in [0, 0.05) is 55.1 Å². The van der Waals surface area contributed by atoms with Crippen LogP contribution in [0.3, 0.4) is 0 Å². The lowest BCUT2D eigenvalue weighted by atomic mass is 9.80. The highest BCUT2D eigenvalue weighted by Crippen LogP contribution is 2.55. The number of rotatable bonds is 2. The van der Waals surface area contributed by atoms with Gasteiger partial charge in [-0.2, -0.15) is 0 Å². The predicted octanol–water partition coefficient (Wildman–Crippen LogP) is 12.2. The van der Waals surface area contributed by atoms with Crippen molar-refractivity contribution in [2.75, 3.05) is 0 Å². The lowest BCUT2D eigenvalue weighted by molar-refractivity contribution is 0.653. The summed E-state index contributed by atoms with van der Waals surface area (Å²) in [4.78, 5) is 9.98. The molecule has 4 nitrogen and oxygen atoms in total. The molecule has 0 saturated carbocycles.